The maximum absolute atomic E-state index is 14.7. The molecule has 1 atom stereocenters. The summed E-state index contributed by atoms with van der Waals surface area (Å²) in [5.74, 6) is 5.75. The molecule has 1 saturated heterocycles. The molecular formula is C18H15FN2O2. The molecule has 0 N–H and O–H groups in total. The summed E-state index contributed by atoms with van der Waals surface area (Å²) in [5, 5.41) is 0. The largest absolute Gasteiger partial charge is 0.415 e. The number of alkyl halides is 1. The van der Waals surface area contributed by atoms with E-state index in [4.69, 9.17) is 4.74 Å². The van der Waals surface area contributed by atoms with E-state index in [2.05, 4.69) is 16.8 Å². The van der Waals surface area contributed by atoms with E-state index in [9.17, 15) is 9.18 Å². The van der Waals surface area contributed by atoms with Crippen LogP contribution < -0.4 is 4.74 Å². The topological polar surface area (TPSA) is 42.4 Å². The van der Waals surface area contributed by atoms with E-state index in [0.29, 0.717) is 11.4 Å². The van der Waals surface area contributed by atoms with Crippen molar-refractivity contribution in [2.24, 2.45) is 0 Å². The zero-order chi connectivity index (χ0) is 16.1. The second-order valence-electron chi connectivity index (χ2n) is 5.28. The molecule has 0 spiro atoms. The third-order valence-corrected chi connectivity index (χ3v) is 3.51. The Labute approximate surface area is 133 Å². The second-order valence-corrected chi connectivity index (χ2v) is 5.28. The molecule has 1 aliphatic heterocycles. The molecule has 4 nitrogen and oxygen atoms in total. The lowest BCUT2D eigenvalue weighted by atomic mass is 10.1. The molecule has 1 aromatic carbocycles. The summed E-state index contributed by atoms with van der Waals surface area (Å²) in [6.45, 7) is 0.178. The lowest BCUT2D eigenvalue weighted by Crippen LogP contribution is -2.34. The lowest BCUT2D eigenvalue weighted by molar-refractivity contribution is 0.154. The predicted octanol–water partition coefficient (Wildman–Crippen LogP) is 3.05. The van der Waals surface area contributed by atoms with Gasteiger partial charge in [0.05, 0.1) is 6.54 Å². The van der Waals surface area contributed by atoms with Crippen LogP contribution in [0.5, 0.6) is 5.75 Å². The van der Waals surface area contributed by atoms with Crippen LogP contribution in [0.25, 0.3) is 0 Å². The molecule has 1 fully saturated rings. The Kier molecular flexibility index (Phi) is 4.24. The molecule has 5 heteroatoms. The standard InChI is InChI=1S/C18H15FN2O2/c19-18(10-9-15-6-4-5-12-20-15)11-13-21(14-18)17(22)23-16-7-2-1-3-8-16/h1-8,12H,11,13-14H2. The average Bonchev–Trinajstić information content (AvgIpc) is 2.98. The van der Waals surface area contributed by atoms with Crippen molar-refractivity contribution in [3.05, 3.63) is 60.4 Å². The molecule has 1 aromatic heterocycles. The Hall–Kier alpha value is -2.87. The van der Waals surface area contributed by atoms with Gasteiger partial charge in [0.15, 0.2) is 5.67 Å². The van der Waals surface area contributed by atoms with Crippen molar-refractivity contribution in [3.63, 3.8) is 0 Å². The van der Waals surface area contributed by atoms with Crippen molar-refractivity contribution in [3.8, 4) is 17.6 Å². The van der Waals surface area contributed by atoms with E-state index in [-0.39, 0.29) is 19.5 Å². The van der Waals surface area contributed by atoms with Crippen molar-refractivity contribution in [1.82, 2.24) is 9.88 Å². The molecule has 0 bridgehead atoms. The average molecular weight is 310 g/mol. The molecule has 2 aromatic rings. The summed E-state index contributed by atoms with van der Waals surface area (Å²) in [5.41, 5.74) is -1.22. The number of hydrogen-bond donors (Lipinski definition) is 0. The van der Waals surface area contributed by atoms with Crippen LogP contribution in [0.1, 0.15) is 12.1 Å². The van der Waals surface area contributed by atoms with E-state index in [0.717, 1.165) is 0 Å². The fourth-order valence-electron chi connectivity index (χ4n) is 2.30. The smallest absolute Gasteiger partial charge is 0.410 e. The van der Waals surface area contributed by atoms with E-state index in [1.165, 1.54) is 4.90 Å². The molecule has 0 saturated carbocycles. The molecule has 1 unspecified atom stereocenters. The highest BCUT2D eigenvalue weighted by Gasteiger charge is 2.39. The maximum Gasteiger partial charge on any atom is 0.415 e. The van der Waals surface area contributed by atoms with Crippen LogP contribution in [0.15, 0.2) is 54.7 Å². The third-order valence-electron chi connectivity index (χ3n) is 3.51. The summed E-state index contributed by atoms with van der Waals surface area (Å²) in [7, 11) is 0. The minimum Gasteiger partial charge on any atom is -0.410 e. The van der Waals surface area contributed by atoms with E-state index >= 15 is 0 Å². The summed E-state index contributed by atoms with van der Waals surface area (Å²) in [6, 6.07) is 14.0. The first-order chi connectivity index (χ1) is 11.1. The van der Waals surface area contributed by atoms with Crippen LogP contribution in [-0.2, 0) is 0 Å². The first-order valence-electron chi connectivity index (χ1n) is 7.30. The number of likely N-dealkylation sites (tertiary alicyclic amines) is 1. The van der Waals surface area contributed by atoms with Crippen LogP contribution in [0.2, 0.25) is 0 Å². The van der Waals surface area contributed by atoms with Gasteiger partial charge in [0.2, 0.25) is 0 Å². The van der Waals surface area contributed by atoms with Gasteiger partial charge in [-0.25, -0.2) is 14.2 Å². The van der Waals surface area contributed by atoms with Gasteiger partial charge in [0.1, 0.15) is 11.4 Å². The number of aromatic nitrogens is 1. The van der Waals surface area contributed by atoms with Crippen LogP contribution in [-0.4, -0.2) is 34.7 Å². The second kappa shape index (κ2) is 6.49. The van der Waals surface area contributed by atoms with E-state index in [1.54, 1.807) is 48.7 Å². The molecule has 116 valence electrons. The Balaban J connectivity index is 1.63. The summed E-state index contributed by atoms with van der Waals surface area (Å²) in [4.78, 5) is 17.4. The number of hydrogen-bond acceptors (Lipinski definition) is 3. The van der Waals surface area contributed by atoms with Crippen molar-refractivity contribution < 1.29 is 13.9 Å². The monoisotopic (exact) mass is 310 g/mol. The maximum atomic E-state index is 14.7. The number of para-hydroxylation sites is 1. The summed E-state index contributed by atoms with van der Waals surface area (Å²) in [6.07, 6.45) is 1.21. The SMILES string of the molecule is O=C(Oc1ccccc1)N1CCC(F)(C#Cc2ccccn2)C1. The Bertz CT molecular complexity index is 740. The Morgan fingerprint density at radius 1 is 1.22 bits per heavy atom. The predicted molar refractivity (Wildman–Crippen MR) is 83.6 cm³/mol. The number of pyridine rings is 1. The number of nitrogens with zero attached hydrogens (tertiary/aromatic N) is 2. The van der Waals surface area contributed by atoms with E-state index < -0.39 is 11.8 Å². The number of amides is 1. The van der Waals surface area contributed by atoms with Crippen LogP contribution in [0, 0.1) is 11.8 Å². The molecule has 0 radical (unpaired) electrons. The molecule has 1 aliphatic rings. The number of carbonyl (C=O) groups is 1. The van der Waals surface area contributed by atoms with Gasteiger partial charge >= 0.3 is 6.09 Å². The zero-order valence-corrected chi connectivity index (χ0v) is 12.4. The first-order valence-corrected chi connectivity index (χ1v) is 7.30. The molecule has 1 amide bonds. The fourth-order valence-corrected chi connectivity index (χ4v) is 2.30. The van der Waals surface area contributed by atoms with Gasteiger partial charge in [-0.1, -0.05) is 30.2 Å². The number of rotatable bonds is 1. The highest BCUT2D eigenvalue weighted by atomic mass is 19.1. The Morgan fingerprint density at radius 3 is 2.74 bits per heavy atom. The zero-order valence-electron chi connectivity index (χ0n) is 12.4. The fraction of sp³-hybridized carbons (Fsp3) is 0.222. The van der Waals surface area contributed by atoms with Gasteiger partial charge in [-0.05, 0) is 30.2 Å². The number of halogens is 1. The number of carbonyl (C=O) groups excluding carboxylic acids is 1. The molecule has 3 rings (SSSR count). The lowest BCUT2D eigenvalue weighted by Gasteiger charge is -2.16. The molecule has 2 heterocycles. The van der Waals surface area contributed by atoms with Gasteiger partial charge in [-0.3, -0.25) is 0 Å². The first kappa shape index (κ1) is 15.0. The van der Waals surface area contributed by atoms with Crippen LogP contribution in [0.3, 0.4) is 0 Å². The quantitative estimate of drug-likeness (QED) is 0.760. The molecule has 0 aliphatic carbocycles. The molecule has 23 heavy (non-hydrogen) atoms. The highest BCUT2D eigenvalue weighted by molar-refractivity contribution is 5.71. The van der Waals surface area contributed by atoms with Crippen LogP contribution in [0.4, 0.5) is 9.18 Å². The van der Waals surface area contributed by atoms with Crippen molar-refractivity contribution in [1.29, 1.82) is 0 Å². The van der Waals surface area contributed by atoms with Crippen molar-refractivity contribution in [2.75, 3.05) is 13.1 Å². The van der Waals surface area contributed by atoms with Crippen LogP contribution >= 0.6 is 0 Å². The molecular weight excluding hydrogens is 295 g/mol. The summed E-state index contributed by atoms with van der Waals surface area (Å²) < 4.78 is 19.9. The minimum absolute atomic E-state index is 0.0987. The van der Waals surface area contributed by atoms with E-state index in [1.807, 2.05) is 6.07 Å². The van der Waals surface area contributed by atoms with Gasteiger partial charge in [-0.15, -0.1) is 0 Å². The normalized spacial score (nSPS) is 19.8. The third kappa shape index (κ3) is 3.86. The highest BCUT2D eigenvalue weighted by Crippen LogP contribution is 2.26. The van der Waals surface area contributed by atoms with Gasteiger partial charge in [0.25, 0.3) is 0 Å². The van der Waals surface area contributed by atoms with Gasteiger partial charge in [-0.2, -0.15) is 0 Å². The summed E-state index contributed by atoms with van der Waals surface area (Å²) >= 11 is 0. The number of ether oxygens (including phenoxy) is 1. The Morgan fingerprint density at radius 2 is 2.00 bits per heavy atom. The minimum atomic E-state index is -1.73. The van der Waals surface area contributed by atoms with Gasteiger partial charge in [0, 0.05) is 19.2 Å². The van der Waals surface area contributed by atoms with Gasteiger partial charge < -0.3 is 9.64 Å². The van der Waals surface area contributed by atoms with Crippen molar-refractivity contribution in [2.45, 2.75) is 12.1 Å². The number of benzene rings is 1. The van der Waals surface area contributed by atoms with Crippen molar-refractivity contribution >= 4 is 6.09 Å².